The molecule has 2 rings (SSSR count). The Morgan fingerprint density at radius 1 is 1.59 bits per heavy atom. The molecule has 0 radical (unpaired) electrons. The molecule has 17 heavy (non-hydrogen) atoms. The zero-order valence-corrected chi connectivity index (χ0v) is 11.8. The lowest BCUT2D eigenvalue weighted by Crippen LogP contribution is -2.41. The number of piperidine rings is 1. The zero-order chi connectivity index (χ0) is 12.6. The van der Waals surface area contributed by atoms with Gasteiger partial charge in [-0.2, -0.15) is 4.31 Å². The first-order valence-corrected chi connectivity index (χ1v) is 7.99. The van der Waals surface area contributed by atoms with Crippen LogP contribution in [0, 0.1) is 6.92 Å². The van der Waals surface area contributed by atoms with E-state index < -0.39 is 16.1 Å². The highest BCUT2D eigenvalue weighted by molar-refractivity contribution is 7.91. The highest BCUT2D eigenvalue weighted by Gasteiger charge is 2.30. The molecule has 7 heteroatoms. The van der Waals surface area contributed by atoms with Crippen LogP contribution in [0.25, 0.3) is 0 Å². The first-order valence-electron chi connectivity index (χ1n) is 5.35. The largest absolute Gasteiger partial charge is 0.392 e. The molecule has 1 fully saturated rings. The van der Waals surface area contributed by atoms with Crippen molar-refractivity contribution in [3.05, 3.63) is 16.0 Å². The monoisotopic (exact) mass is 295 g/mol. The van der Waals surface area contributed by atoms with Crippen molar-refractivity contribution in [3.63, 3.8) is 0 Å². The summed E-state index contributed by atoms with van der Waals surface area (Å²) in [5.74, 6) is 0. The number of hydrogen-bond acceptors (Lipinski definition) is 4. The van der Waals surface area contributed by atoms with Crippen LogP contribution in [0.15, 0.2) is 10.3 Å². The van der Waals surface area contributed by atoms with Gasteiger partial charge in [0.25, 0.3) is 10.0 Å². The molecule has 0 spiro atoms. The van der Waals surface area contributed by atoms with Crippen LogP contribution in [0.2, 0.25) is 4.34 Å². The molecule has 0 saturated carbocycles. The van der Waals surface area contributed by atoms with E-state index in [1.54, 1.807) is 13.0 Å². The Labute approximate surface area is 110 Å². The van der Waals surface area contributed by atoms with Gasteiger partial charge in [0.1, 0.15) is 4.21 Å². The Kier molecular flexibility index (Phi) is 3.80. The van der Waals surface area contributed by atoms with Crippen LogP contribution in [0.4, 0.5) is 0 Å². The molecule has 2 heterocycles. The molecule has 1 aromatic rings. The summed E-state index contributed by atoms with van der Waals surface area (Å²) in [6.45, 7) is 2.42. The van der Waals surface area contributed by atoms with Gasteiger partial charge in [0.2, 0.25) is 0 Å². The van der Waals surface area contributed by atoms with Gasteiger partial charge in [-0.25, -0.2) is 8.42 Å². The predicted octanol–water partition coefficient (Wildman–Crippen LogP) is 1.86. The number of β-amino-alcohol motifs (C(OH)–C–C–N with tert-alkyl or cyclic N) is 1. The van der Waals surface area contributed by atoms with Crippen LogP contribution in [-0.4, -0.2) is 37.0 Å². The maximum Gasteiger partial charge on any atom is 0.252 e. The van der Waals surface area contributed by atoms with E-state index in [1.807, 2.05) is 0 Å². The van der Waals surface area contributed by atoms with Crippen LogP contribution in [0.3, 0.4) is 0 Å². The number of thiophene rings is 1. The van der Waals surface area contributed by atoms with Crippen LogP contribution in [0.5, 0.6) is 0 Å². The quantitative estimate of drug-likeness (QED) is 0.906. The van der Waals surface area contributed by atoms with Crippen molar-refractivity contribution in [1.82, 2.24) is 4.31 Å². The highest BCUT2D eigenvalue weighted by Crippen LogP contribution is 2.32. The predicted molar refractivity (Wildman–Crippen MR) is 68.1 cm³/mol. The molecule has 0 bridgehead atoms. The maximum atomic E-state index is 12.3. The maximum absolute atomic E-state index is 12.3. The van der Waals surface area contributed by atoms with E-state index in [0.29, 0.717) is 23.7 Å². The van der Waals surface area contributed by atoms with Crippen molar-refractivity contribution in [2.75, 3.05) is 13.1 Å². The third kappa shape index (κ3) is 2.66. The lowest BCUT2D eigenvalue weighted by atomic mass is 10.1. The summed E-state index contributed by atoms with van der Waals surface area (Å²) in [7, 11) is -3.49. The molecule has 4 nitrogen and oxygen atoms in total. The van der Waals surface area contributed by atoms with Crippen LogP contribution >= 0.6 is 22.9 Å². The van der Waals surface area contributed by atoms with Crippen molar-refractivity contribution in [1.29, 1.82) is 0 Å². The normalized spacial score (nSPS) is 22.9. The molecule has 1 aliphatic rings. The van der Waals surface area contributed by atoms with Crippen LogP contribution in [0.1, 0.15) is 18.4 Å². The van der Waals surface area contributed by atoms with E-state index in [1.165, 1.54) is 4.31 Å². The minimum Gasteiger partial charge on any atom is -0.392 e. The third-order valence-corrected chi connectivity index (χ3v) is 6.66. The van der Waals surface area contributed by atoms with Gasteiger partial charge in [0.15, 0.2) is 0 Å². The summed E-state index contributed by atoms with van der Waals surface area (Å²) in [6, 6.07) is 1.59. The number of halogens is 1. The number of nitrogens with zero attached hydrogens (tertiary/aromatic N) is 1. The molecule has 1 N–H and O–H groups in total. The molecule has 0 amide bonds. The number of aliphatic hydroxyl groups is 1. The summed E-state index contributed by atoms with van der Waals surface area (Å²) in [5, 5.41) is 9.52. The molecule has 1 aliphatic heterocycles. The topological polar surface area (TPSA) is 57.6 Å². The Balaban J connectivity index is 2.29. The van der Waals surface area contributed by atoms with Gasteiger partial charge < -0.3 is 5.11 Å². The average Bonchev–Trinajstić information content (AvgIpc) is 2.60. The van der Waals surface area contributed by atoms with Gasteiger partial charge in [-0.1, -0.05) is 11.6 Å². The molecule has 0 aromatic carbocycles. The Hall–Kier alpha value is -0.140. The average molecular weight is 296 g/mol. The lowest BCUT2D eigenvalue weighted by Gasteiger charge is -2.28. The van der Waals surface area contributed by atoms with Gasteiger partial charge >= 0.3 is 0 Å². The molecule has 0 unspecified atom stereocenters. The number of sulfonamides is 1. The fourth-order valence-electron chi connectivity index (χ4n) is 1.83. The summed E-state index contributed by atoms with van der Waals surface area (Å²) < 4.78 is 26.6. The fraction of sp³-hybridized carbons (Fsp3) is 0.600. The molecule has 1 saturated heterocycles. The molecule has 96 valence electrons. The molecule has 1 atom stereocenters. The zero-order valence-electron chi connectivity index (χ0n) is 9.39. The van der Waals surface area contributed by atoms with Crippen LogP contribution in [-0.2, 0) is 10.0 Å². The van der Waals surface area contributed by atoms with Gasteiger partial charge in [-0.3, -0.25) is 0 Å². The van der Waals surface area contributed by atoms with Gasteiger partial charge in [0.05, 0.1) is 10.4 Å². The SMILES string of the molecule is Cc1cc(S(=O)(=O)N2CCC[C@H](O)C2)sc1Cl. The van der Waals surface area contributed by atoms with Gasteiger partial charge in [-0.05, 0) is 31.4 Å². The summed E-state index contributed by atoms with van der Waals surface area (Å²) in [6.07, 6.45) is 0.796. The minimum atomic E-state index is -3.49. The number of hydrogen-bond donors (Lipinski definition) is 1. The van der Waals surface area contributed by atoms with Crippen molar-refractivity contribution in [2.45, 2.75) is 30.1 Å². The number of aryl methyl sites for hydroxylation is 1. The Bertz CT molecular complexity index is 492. The molecule has 1 aromatic heterocycles. The second-order valence-electron chi connectivity index (χ2n) is 4.18. The number of aliphatic hydroxyl groups excluding tert-OH is 1. The van der Waals surface area contributed by atoms with E-state index in [2.05, 4.69) is 0 Å². The van der Waals surface area contributed by atoms with E-state index >= 15 is 0 Å². The van der Waals surface area contributed by atoms with E-state index in [-0.39, 0.29) is 10.8 Å². The number of rotatable bonds is 2. The van der Waals surface area contributed by atoms with E-state index in [9.17, 15) is 13.5 Å². The molecule has 0 aliphatic carbocycles. The summed E-state index contributed by atoms with van der Waals surface area (Å²) >= 11 is 6.96. The van der Waals surface area contributed by atoms with Crippen molar-refractivity contribution in [2.24, 2.45) is 0 Å². The summed E-state index contributed by atoms with van der Waals surface area (Å²) in [5.41, 5.74) is 0.771. The highest BCUT2D eigenvalue weighted by atomic mass is 35.5. The van der Waals surface area contributed by atoms with Crippen molar-refractivity contribution < 1.29 is 13.5 Å². The Morgan fingerprint density at radius 3 is 2.82 bits per heavy atom. The van der Waals surface area contributed by atoms with Gasteiger partial charge in [0, 0.05) is 13.1 Å². The molecular weight excluding hydrogens is 282 g/mol. The first-order chi connectivity index (χ1) is 7.91. The third-order valence-electron chi connectivity index (χ3n) is 2.79. The molecular formula is C10H14ClNO3S2. The van der Waals surface area contributed by atoms with Crippen molar-refractivity contribution in [3.8, 4) is 0 Å². The summed E-state index contributed by atoms with van der Waals surface area (Å²) in [4.78, 5) is 0. The first kappa shape index (κ1) is 13.3. The smallest absolute Gasteiger partial charge is 0.252 e. The van der Waals surface area contributed by atoms with Gasteiger partial charge in [-0.15, -0.1) is 11.3 Å². The fourth-order valence-corrected chi connectivity index (χ4v) is 5.20. The Morgan fingerprint density at radius 2 is 2.29 bits per heavy atom. The second kappa shape index (κ2) is 4.85. The van der Waals surface area contributed by atoms with E-state index in [0.717, 1.165) is 16.9 Å². The lowest BCUT2D eigenvalue weighted by molar-refractivity contribution is 0.108. The second-order valence-corrected chi connectivity index (χ2v) is 8.00. The standard InChI is InChI=1S/C10H14ClNO3S2/c1-7-5-9(16-10(7)11)17(14,15)12-4-2-3-8(13)6-12/h5,8,13H,2-4,6H2,1H3/t8-/m0/s1. The van der Waals surface area contributed by atoms with E-state index in [4.69, 9.17) is 11.6 Å². The van der Waals surface area contributed by atoms with Crippen molar-refractivity contribution >= 4 is 33.0 Å². The minimum absolute atomic E-state index is 0.177. The van der Waals surface area contributed by atoms with Crippen LogP contribution < -0.4 is 0 Å².